The Morgan fingerprint density at radius 2 is 2.25 bits per heavy atom. The molecule has 0 aliphatic carbocycles. The van der Waals surface area contributed by atoms with E-state index in [-0.39, 0.29) is 5.91 Å². The highest BCUT2D eigenvalue weighted by Gasteiger charge is 2.16. The summed E-state index contributed by atoms with van der Waals surface area (Å²) in [5, 5.41) is 11.4. The molecule has 6 heteroatoms. The van der Waals surface area contributed by atoms with Gasteiger partial charge in [-0.15, -0.1) is 5.10 Å². The quantitative estimate of drug-likeness (QED) is 0.862. The van der Waals surface area contributed by atoms with E-state index in [0.717, 1.165) is 18.5 Å². The summed E-state index contributed by atoms with van der Waals surface area (Å²) in [6.07, 6.45) is 1.99. The molecular formula is C14H17ClN4O. The lowest BCUT2D eigenvalue weighted by molar-refractivity contribution is 0.0947. The largest absolute Gasteiger partial charge is 0.351 e. The highest BCUT2D eigenvalue weighted by atomic mass is 35.5. The maximum absolute atomic E-state index is 12.0. The van der Waals surface area contributed by atoms with Gasteiger partial charge < -0.3 is 5.32 Å². The van der Waals surface area contributed by atoms with Crippen LogP contribution in [0.15, 0.2) is 24.3 Å². The van der Waals surface area contributed by atoms with E-state index in [2.05, 4.69) is 22.6 Å². The summed E-state index contributed by atoms with van der Waals surface area (Å²) in [5.41, 5.74) is 1.83. The lowest BCUT2D eigenvalue weighted by Crippen LogP contribution is -2.25. The molecule has 0 bridgehead atoms. The van der Waals surface area contributed by atoms with Crippen LogP contribution in [0.25, 0.3) is 5.69 Å². The van der Waals surface area contributed by atoms with Gasteiger partial charge in [0.2, 0.25) is 0 Å². The molecule has 0 unspecified atom stereocenters. The molecule has 0 saturated carbocycles. The molecule has 2 rings (SSSR count). The van der Waals surface area contributed by atoms with Gasteiger partial charge in [0.25, 0.3) is 5.91 Å². The van der Waals surface area contributed by atoms with E-state index in [1.54, 1.807) is 16.8 Å². The highest BCUT2D eigenvalue weighted by molar-refractivity contribution is 6.30. The Balaban J connectivity index is 2.21. The SMILES string of the molecule is CCCCNC(=O)c1nnn(-c2cccc(Cl)c2)c1C. The number of halogens is 1. The predicted molar refractivity (Wildman–Crippen MR) is 78.3 cm³/mol. The average Bonchev–Trinajstić information content (AvgIpc) is 2.81. The Hall–Kier alpha value is -1.88. The molecule has 1 amide bonds. The summed E-state index contributed by atoms with van der Waals surface area (Å²) < 4.78 is 1.61. The fourth-order valence-electron chi connectivity index (χ4n) is 1.85. The van der Waals surface area contributed by atoms with Crippen LogP contribution >= 0.6 is 11.6 Å². The lowest BCUT2D eigenvalue weighted by Gasteiger charge is -2.04. The van der Waals surface area contributed by atoms with Gasteiger partial charge in [0.05, 0.1) is 11.4 Å². The molecule has 2 aromatic rings. The molecular weight excluding hydrogens is 276 g/mol. The van der Waals surface area contributed by atoms with Gasteiger partial charge >= 0.3 is 0 Å². The molecule has 0 radical (unpaired) electrons. The van der Waals surface area contributed by atoms with Gasteiger partial charge in [-0.1, -0.05) is 36.2 Å². The molecule has 0 aliphatic heterocycles. The van der Waals surface area contributed by atoms with Crippen LogP contribution in [0.5, 0.6) is 0 Å². The second kappa shape index (κ2) is 6.52. The topological polar surface area (TPSA) is 59.8 Å². The first-order chi connectivity index (χ1) is 9.63. The second-order valence-electron chi connectivity index (χ2n) is 4.52. The van der Waals surface area contributed by atoms with Crippen LogP contribution in [0, 0.1) is 6.92 Å². The van der Waals surface area contributed by atoms with Crippen LogP contribution in [-0.4, -0.2) is 27.4 Å². The van der Waals surface area contributed by atoms with Crippen molar-refractivity contribution in [2.75, 3.05) is 6.54 Å². The van der Waals surface area contributed by atoms with Crippen LogP contribution < -0.4 is 5.32 Å². The van der Waals surface area contributed by atoms with Crippen molar-refractivity contribution < 1.29 is 4.79 Å². The third-order valence-corrected chi connectivity index (χ3v) is 3.21. The third-order valence-electron chi connectivity index (χ3n) is 2.98. The van der Waals surface area contributed by atoms with E-state index >= 15 is 0 Å². The van der Waals surface area contributed by atoms with E-state index in [1.807, 2.05) is 19.1 Å². The summed E-state index contributed by atoms with van der Waals surface area (Å²) in [6, 6.07) is 7.27. The van der Waals surface area contributed by atoms with E-state index < -0.39 is 0 Å². The van der Waals surface area contributed by atoms with Gasteiger partial charge in [-0.2, -0.15) is 0 Å². The van der Waals surface area contributed by atoms with Crippen LogP contribution in [0.2, 0.25) is 5.02 Å². The van der Waals surface area contributed by atoms with Crippen molar-refractivity contribution in [3.63, 3.8) is 0 Å². The van der Waals surface area contributed by atoms with Crippen LogP contribution in [0.3, 0.4) is 0 Å². The number of hydrogen-bond acceptors (Lipinski definition) is 3. The number of nitrogens with zero attached hydrogens (tertiary/aromatic N) is 3. The second-order valence-corrected chi connectivity index (χ2v) is 4.96. The van der Waals surface area contributed by atoms with Gasteiger partial charge in [-0.3, -0.25) is 4.79 Å². The van der Waals surface area contributed by atoms with Gasteiger partial charge in [0.1, 0.15) is 0 Å². The predicted octanol–water partition coefficient (Wildman–Crippen LogP) is 2.76. The Morgan fingerprint density at radius 1 is 1.45 bits per heavy atom. The molecule has 0 aliphatic rings. The van der Waals surface area contributed by atoms with Crippen molar-refractivity contribution in [1.82, 2.24) is 20.3 Å². The maximum Gasteiger partial charge on any atom is 0.273 e. The molecule has 1 heterocycles. The fraction of sp³-hybridized carbons (Fsp3) is 0.357. The standard InChI is InChI=1S/C14H17ClN4O/c1-3-4-8-16-14(20)13-10(2)19(18-17-13)12-7-5-6-11(15)9-12/h5-7,9H,3-4,8H2,1-2H3,(H,16,20). The van der Waals surface area contributed by atoms with Crippen LogP contribution in [0.1, 0.15) is 35.9 Å². The summed E-state index contributed by atoms with van der Waals surface area (Å²) in [6.45, 7) is 4.54. The third kappa shape index (κ3) is 3.17. The molecule has 106 valence electrons. The first kappa shape index (κ1) is 14.5. The number of hydrogen-bond donors (Lipinski definition) is 1. The molecule has 20 heavy (non-hydrogen) atoms. The number of unbranched alkanes of at least 4 members (excludes halogenated alkanes) is 1. The lowest BCUT2D eigenvalue weighted by atomic mass is 10.2. The number of nitrogens with one attached hydrogen (secondary N) is 1. The molecule has 0 spiro atoms. The fourth-order valence-corrected chi connectivity index (χ4v) is 2.04. The van der Waals surface area contributed by atoms with Crippen molar-refractivity contribution in [2.24, 2.45) is 0 Å². The maximum atomic E-state index is 12.0. The minimum atomic E-state index is -0.191. The zero-order valence-electron chi connectivity index (χ0n) is 11.6. The number of carbonyl (C=O) groups is 1. The molecule has 1 aromatic carbocycles. The number of amides is 1. The van der Waals surface area contributed by atoms with E-state index in [0.29, 0.717) is 23.0 Å². The van der Waals surface area contributed by atoms with Gasteiger partial charge in [0.15, 0.2) is 5.69 Å². The minimum absolute atomic E-state index is 0.191. The van der Waals surface area contributed by atoms with Gasteiger partial charge in [-0.05, 0) is 31.5 Å². The molecule has 1 aromatic heterocycles. The molecule has 0 saturated heterocycles. The highest BCUT2D eigenvalue weighted by Crippen LogP contribution is 2.16. The monoisotopic (exact) mass is 292 g/mol. The Labute approximate surface area is 122 Å². The van der Waals surface area contributed by atoms with Crippen LogP contribution in [0.4, 0.5) is 0 Å². The van der Waals surface area contributed by atoms with Crippen LogP contribution in [-0.2, 0) is 0 Å². The van der Waals surface area contributed by atoms with Gasteiger partial charge in [0, 0.05) is 11.6 Å². The first-order valence-corrected chi connectivity index (χ1v) is 6.97. The number of carbonyl (C=O) groups excluding carboxylic acids is 1. The number of aromatic nitrogens is 3. The first-order valence-electron chi connectivity index (χ1n) is 6.60. The normalized spacial score (nSPS) is 10.6. The van der Waals surface area contributed by atoms with Crippen molar-refractivity contribution in [3.8, 4) is 5.69 Å². The Morgan fingerprint density at radius 3 is 2.95 bits per heavy atom. The smallest absolute Gasteiger partial charge is 0.273 e. The summed E-state index contributed by atoms with van der Waals surface area (Å²) >= 11 is 5.96. The van der Waals surface area contributed by atoms with Gasteiger partial charge in [-0.25, -0.2) is 4.68 Å². The summed E-state index contributed by atoms with van der Waals surface area (Å²) in [4.78, 5) is 12.0. The van der Waals surface area contributed by atoms with Crippen molar-refractivity contribution >= 4 is 17.5 Å². The van der Waals surface area contributed by atoms with Crippen molar-refractivity contribution in [3.05, 3.63) is 40.7 Å². The van der Waals surface area contributed by atoms with E-state index in [9.17, 15) is 4.79 Å². The summed E-state index contributed by atoms with van der Waals surface area (Å²) in [7, 11) is 0. The zero-order chi connectivity index (χ0) is 14.5. The van der Waals surface area contributed by atoms with Crippen molar-refractivity contribution in [2.45, 2.75) is 26.7 Å². The molecule has 0 fully saturated rings. The number of rotatable bonds is 5. The summed E-state index contributed by atoms with van der Waals surface area (Å²) in [5.74, 6) is -0.191. The molecule has 0 atom stereocenters. The van der Waals surface area contributed by atoms with E-state index in [1.165, 1.54) is 0 Å². The Bertz CT molecular complexity index is 609. The molecule has 5 nitrogen and oxygen atoms in total. The Kier molecular flexibility index (Phi) is 4.74. The minimum Gasteiger partial charge on any atom is -0.351 e. The van der Waals surface area contributed by atoms with E-state index in [4.69, 9.17) is 11.6 Å². The molecule has 1 N–H and O–H groups in total. The van der Waals surface area contributed by atoms with Crippen molar-refractivity contribution in [1.29, 1.82) is 0 Å². The zero-order valence-corrected chi connectivity index (χ0v) is 12.3. The number of benzene rings is 1. The average molecular weight is 293 g/mol.